The van der Waals surface area contributed by atoms with Crippen LogP contribution in [0.4, 0.5) is 0 Å². The van der Waals surface area contributed by atoms with Crippen LogP contribution in [0.5, 0.6) is 0 Å². The van der Waals surface area contributed by atoms with E-state index in [0.29, 0.717) is 17.9 Å². The Morgan fingerprint density at radius 1 is 1.31 bits per heavy atom. The lowest BCUT2D eigenvalue weighted by Crippen LogP contribution is -2.45. The quantitative estimate of drug-likeness (QED) is 0.723. The second-order valence-corrected chi connectivity index (χ2v) is 5.77. The van der Waals surface area contributed by atoms with Crippen LogP contribution in [-0.2, 0) is 4.79 Å². The highest BCUT2D eigenvalue weighted by Gasteiger charge is 2.45. The van der Waals surface area contributed by atoms with E-state index in [1.165, 1.54) is 12.8 Å². The van der Waals surface area contributed by atoms with Gasteiger partial charge in [0.25, 0.3) is 0 Å². The molecular weight excluding hydrogens is 202 g/mol. The molecule has 3 heteroatoms. The largest absolute Gasteiger partial charge is 0.480 e. The average molecular weight is 225 g/mol. The molecule has 3 nitrogen and oxygen atoms in total. The maximum absolute atomic E-state index is 11.4. The van der Waals surface area contributed by atoms with Gasteiger partial charge in [0.2, 0.25) is 0 Å². The summed E-state index contributed by atoms with van der Waals surface area (Å²) in [5.41, 5.74) is 0. The van der Waals surface area contributed by atoms with Crippen molar-refractivity contribution in [1.82, 2.24) is 4.90 Å². The molecule has 0 bridgehead atoms. The number of carboxylic acids is 1. The third kappa shape index (κ3) is 2.97. The molecule has 0 radical (unpaired) electrons. The topological polar surface area (TPSA) is 40.5 Å². The zero-order valence-corrected chi connectivity index (χ0v) is 10.4. The summed E-state index contributed by atoms with van der Waals surface area (Å²) in [4.78, 5) is 13.6. The van der Waals surface area contributed by atoms with E-state index in [0.717, 1.165) is 25.8 Å². The standard InChI is InChI=1S/C13H23NO2/c1-9(2)7-8-14(11-5-6-11)12(13(15)16)10-3-4-10/h9-12H,3-8H2,1-2H3,(H,15,16). The number of carbonyl (C=O) groups is 1. The van der Waals surface area contributed by atoms with E-state index in [4.69, 9.17) is 0 Å². The predicted octanol–water partition coefficient (Wildman–Crippen LogP) is 2.36. The molecule has 2 rings (SSSR count). The second kappa shape index (κ2) is 4.74. The Labute approximate surface area is 97.8 Å². The van der Waals surface area contributed by atoms with Gasteiger partial charge in [-0.05, 0) is 50.5 Å². The van der Waals surface area contributed by atoms with Crippen LogP contribution in [0.1, 0.15) is 46.0 Å². The van der Waals surface area contributed by atoms with Crippen molar-refractivity contribution >= 4 is 5.97 Å². The highest BCUT2D eigenvalue weighted by molar-refractivity contribution is 5.74. The minimum Gasteiger partial charge on any atom is -0.480 e. The minimum absolute atomic E-state index is 0.189. The fraction of sp³-hybridized carbons (Fsp3) is 0.923. The maximum Gasteiger partial charge on any atom is 0.321 e. The molecule has 92 valence electrons. The smallest absolute Gasteiger partial charge is 0.321 e. The van der Waals surface area contributed by atoms with Crippen molar-refractivity contribution in [3.05, 3.63) is 0 Å². The molecule has 0 aromatic carbocycles. The Hall–Kier alpha value is -0.570. The van der Waals surface area contributed by atoms with Crippen molar-refractivity contribution in [3.63, 3.8) is 0 Å². The molecule has 2 aliphatic carbocycles. The number of carboxylic acid groups (broad SMARTS) is 1. The van der Waals surface area contributed by atoms with E-state index in [9.17, 15) is 9.90 Å². The molecule has 1 atom stereocenters. The number of rotatable bonds is 7. The maximum atomic E-state index is 11.4. The molecule has 16 heavy (non-hydrogen) atoms. The molecular formula is C13H23NO2. The number of hydrogen-bond donors (Lipinski definition) is 1. The van der Waals surface area contributed by atoms with Crippen molar-refractivity contribution in [2.24, 2.45) is 11.8 Å². The van der Waals surface area contributed by atoms with E-state index < -0.39 is 5.97 Å². The SMILES string of the molecule is CC(C)CCN(C1CC1)C(C(=O)O)C1CC1. The summed E-state index contributed by atoms with van der Waals surface area (Å²) in [6, 6.07) is 0.381. The van der Waals surface area contributed by atoms with Crippen LogP contribution in [0.25, 0.3) is 0 Å². The van der Waals surface area contributed by atoms with Crippen molar-refractivity contribution in [2.45, 2.75) is 58.0 Å². The third-order valence-corrected chi connectivity index (χ3v) is 3.66. The van der Waals surface area contributed by atoms with Crippen LogP contribution in [0.3, 0.4) is 0 Å². The number of nitrogens with zero attached hydrogens (tertiary/aromatic N) is 1. The van der Waals surface area contributed by atoms with E-state index in [-0.39, 0.29) is 6.04 Å². The van der Waals surface area contributed by atoms with Gasteiger partial charge in [0, 0.05) is 6.04 Å². The van der Waals surface area contributed by atoms with Crippen LogP contribution >= 0.6 is 0 Å². The molecule has 1 N–H and O–H groups in total. The summed E-state index contributed by atoms with van der Waals surface area (Å²) in [6.07, 6.45) is 5.75. The van der Waals surface area contributed by atoms with E-state index in [1.54, 1.807) is 0 Å². The Kier molecular flexibility index (Phi) is 3.53. The van der Waals surface area contributed by atoms with Gasteiger partial charge in [0.05, 0.1) is 0 Å². The normalized spacial score (nSPS) is 22.8. The van der Waals surface area contributed by atoms with Gasteiger partial charge in [-0.3, -0.25) is 9.69 Å². The molecule has 2 saturated carbocycles. The molecule has 1 unspecified atom stereocenters. The van der Waals surface area contributed by atoms with E-state index in [2.05, 4.69) is 18.7 Å². The van der Waals surface area contributed by atoms with Gasteiger partial charge in [0.15, 0.2) is 0 Å². The van der Waals surface area contributed by atoms with Gasteiger partial charge in [-0.1, -0.05) is 13.8 Å². The Bertz CT molecular complexity index is 257. The fourth-order valence-corrected chi connectivity index (χ4v) is 2.39. The Morgan fingerprint density at radius 3 is 2.31 bits per heavy atom. The highest BCUT2D eigenvalue weighted by Crippen LogP contribution is 2.40. The first kappa shape index (κ1) is 11.9. The lowest BCUT2D eigenvalue weighted by Gasteiger charge is -2.29. The van der Waals surface area contributed by atoms with Crippen molar-refractivity contribution in [3.8, 4) is 0 Å². The molecule has 0 aliphatic heterocycles. The lowest BCUT2D eigenvalue weighted by atomic mass is 10.1. The summed E-state index contributed by atoms with van der Waals surface area (Å²) < 4.78 is 0. The molecule has 0 aromatic heterocycles. The van der Waals surface area contributed by atoms with Gasteiger partial charge in [-0.15, -0.1) is 0 Å². The summed E-state index contributed by atoms with van der Waals surface area (Å²) in [6.45, 7) is 5.38. The van der Waals surface area contributed by atoms with Gasteiger partial charge >= 0.3 is 5.97 Å². The van der Waals surface area contributed by atoms with E-state index in [1.807, 2.05) is 0 Å². The van der Waals surface area contributed by atoms with Crippen molar-refractivity contribution < 1.29 is 9.90 Å². The second-order valence-electron chi connectivity index (χ2n) is 5.77. The highest BCUT2D eigenvalue weighted by atomic mass is 16.4. The molecule has 0 saturated heterocycles. The van der Waals surface area contributed by atoms with Crippen LogP contribution < -0.4 is 0 Å². The number of aliphatic carboxylic acids is 1. The van der Waals surface area contributed by atoms with Crippen LogP contribution in [0.2, 0.25) is 0 Å². The van der Waals surface area contributed by atoms with Gasteiger partial charge in [0.1, 0.15) is 6.04 Å². The predicted molar refractivity (Wildman–Crippen MR) is 63.3 cm³/mol. The molecule has 0 amide bonds. The van der Waals surface area contributed by atoms with Gasteiger partial charge < -0.3 is 5.11 Å². The Balaban J connectivity index is 1.95. The van der Waals surface area contributed by atoms with Gasteiger partial charge in [-0.2, -0.15) is 0 Å². The van der Waals surface area contributed by atoms with Crippen LogP contribution in [-0.4, -0.2) is 34.6 Å². The van der Waals surface area contributed by atoms with Gasteiger partial charge in [-0.25, -0.2) is 0 Å². The molecule has 2 aliphatic rings. The number of hydrogen-bond acceptors (Lipinski definition) is 2. The third-order valence-electron chi connectivity index (χ3n) is 3.66. The lowest BCUT2D eigenvalue weighted by molar-refractivity contribution is -0.144. The zero-order chi connectivity index (χ0) is 11.7. The first-order chi connectivity index (χ1) is 7.59. The fourth-order valence-electron chi connectivity index (χ4n) is 2.39. The molecule has 0 heterocycles. The summed E-state index contributed by atoms with van der Waals surface area (Å²) in [5, 5.41) is 9.35. The summed E-state index contributed by atoms with van der Waals surface area (Å²) >= 11 is 0. The van der Waals surface area contributed by atoms with Crippen LogP contribution in [0, 0.1) is 11.8 Å². The summed E-state index contributed by atoms with van der Waals surface area (Å²) in [7, 11) is 0. The average Bonchev–Trinajstić information content (AvgIpc) is 2.98. The van der Waals surface area contributed by atoms with Crippen molar-refractivity contribution in [1.29, 1.82) is 0 Å². The molecule has 0 spiro atoms. The summed E-state index contributed by atoms with van der Waals surface area (Å²) in [5.74, 6) is 0.498. The first-order valence-corrected chi connectivity index (χ1v) is 6.58. The van der Waals surface area contributed by atoms with Crippen LogP contribution in [0.15, 0.2) is 0 Å². The Morgan fingerprint density at radius 2 is 1.94 bits per heavy atom. The first-order valence-electron chi connectivity index (χ1n) is 6.58. The van der Waals surface area contributed by atoms with E-state index >= 15 is 0 Å². The monoisotopic (exact) mass is 225 g/mol. The zero-order valence-electron chi connectivity index (χ0n) is 10.4. The molecule has 0 aromatic rings. The molecule has 2 fully saturated rings. The van der Waals surface area contributed by atoms with Crippen molar-refractivity contribution in [2.75, 3.05) is 6.54 Å². The minimum atomic E-state index is -0.599.